The summed E-state index contributed by atoms with van der Waals surface area (Å²) in [5.41, 5.74) is 0. The zero-order valence-corrected chi connectivity index (χ0v) is 13.6. The second kappa shape index (κ2) is 6.54. The number of hydrogen-bond donors (Lipinski definition) is 1. The van der Waals surface area contributed by atoms with Crippen LogP contribution >= 0.6 is 15.9 Å². The van der Waals surface area contributed by atoms with Crippen LogP contribution in [0.5, 0.6) is 5.75 Å². The molecule has 0 amide bonds. The third kappa shape index (κ3) is 4.26. The van der Waals surface area contributed by atoms with E-state index >= 15 is 0 Å². The van der Waals surface area contributed by atoms with Crippen molar-refractivity contribution in [2.75, 3.05) is 0 Å². The molecule has 0 fully saturated rings. The summed E-state index contributed by atoms with van der Waals surface area (Å²) in [7, 11) is -3.89. The van der Waals surface area contributed by atoms with Crippen molar-refractivity contribution in [1.82, 2.24) is 10.1 Å². The SMILES string of the molecule is CCCc1noc(COc2ccc(Br)cc2S(N)(=O)=O)n1. The summed E-state index contributed by atoms with van der Waals surface area (Å²) in [5.74, 6) is 1.01. The van der Waals surface area contributed by atoms with Crippen LogP contribution < -0.4 is 9.88 Å². The Hall–Kier alpha value is -1.45. The Bertz CT molecular complexity index is 730. The van der Waals surface area contributed by atoms with Gasteiger partial charge in [-0.2, -0.15) is 4.98 Å². The zero-order valence-electron chi connectivity index (χ0n) is 11.2. The third-order valence-corrected chi connectivity index (χ3v) is 3.97. The summed E-state index contributed by atoms with van der Waals surface area (Å²) < 4.78 is 34.1. The average molecular weight is 376 g/mol. The Labute approximate surface area is 130 Å². The normalized spacial score (nSPS) is 11.6. The smallest absolute Gasteiger partial charge is 0.264 e. The third-order valence-electron chi connectivity index (χ3n) is 2.55. The highest BCUT2D eigenvalue weighted by Crippen LogP contribution is 2.27. The second-order valence-electron chi connectivity index (χ2n) is 4.28. The van der Waals surface area contributed by atoms with E-state index in [0.29, 0.717) is 16.7 Å². The molecule has 0 atom stereocenters. The number of rotatable bonds is 6. The summed E-state index contributed by atoms with van der Waals surface area (Å²) in [6, 6.07) is 4.54. The van der Waals surface area contributed by atoms with E-state index in [2.05, 4.69) is 26.1 Å². The van der Waals surface area contributed by atoms with Gasteiger partial charge >= 0.3 is 0 Å². The number of halogens is 1. The lowest BCUT2D eigenvalue weighted by Crippen LogP contribution is -2.14. The van der Waals surface area contributed by atoms with E-state index in [9.17, 15) is 8.42 Å². The largest absolute Gasteiger partial charge is 0.482 e. The van der Waals surface area contributed by atoms with Crippen molar-refractivity contribution in [2.24, 2.45) is 5.14 Å². The van der Waals surface area contributed by atoms with E-state index in [-0.39, 0.29) is 23.1 Å². The maximum Gasteiger partial charge on any atom is 0.264 e. The number of sulfonamides is 1. The van der Waals surface area contributed by atoms with Crippen LogP contribution in [0.25, 0.3) is 0 Å². The maximum atomic E-state index is 11.5. The van der Waals surface area contributed by atoms with E-state index in [1.54, 1.807) is 6.07 Å². The van der Waals surface area contributed by atoms with Gasteiger partial charge in [0, 0.05) is 10.9 Å². The number of aryl methyl sites for hydroxylation is 1. The lowest BCUT2D eigenvalue weighted by atomic mass is 10.3. The molecule has 21 heavy (non-hydrogen) atoms. The molecule has 1 aromatic carbocycles. The maximum absolute atomic E-state index is 11.5. The van der Waals surface area contributed by atoms with Gasteiger partial charge in [-0.1, -0.05) is 28.0 Å². The van der Waals surface area contributed by atoms with Crippen molar-refractivity contribution in [3.63, 3.8) is 0 Å². The summed E-state index contributed by atoms with van der Waals surface area (Å²) in [4.78, 5) is 4.03. The number of primary sulfonamides is 1. The topological polar surface area (TPSA) is 108 Å². The number of nitrogens with zero attached hydrogens (tertiary/aromatic N) is 2. The molecule has 0 saturated heterocycles. The number of ether oxygens (including phenoxy) is 1. The highest BCUT2D eigenvalue weighted by Gasteiger charge is 2.17. The Balaban J connectivity index is 2.16. The Morgan fingerprint density at radius 1 is 1.43 bits per heavy atom. The fourth-order valence-electron chi connectivity index (χ4n) is 1.64. The predicted molar refractivity (Wildman–Crippen MR) is 78.1 cm³/mol. The summed E-state index contributed by atoms with van der Waals surface area (Å²) in [6.45, 7) is 1.98. The van der Waals surface area contributed by atoms with Gasteiger partial charge in [0.25, 0.3) is 5.89 Å². The van der Waals surface area contributed by atoms with E-state index < -0.39 is 10.0 Å². The molecule has 2 N–H and O–H groups in total. The van der Waals surface area contributed by atoms with E-state index in [0.717, 1.165) is 6.42 Å². The zero-order chi connectivity index (χ0) is 15.5. The lowest BCUT2D eigenvalue weighted by molar-refractivity contribution is 0.237. The van der Waals surface area contributed by atoms with Gasteiger partial charge in [-0.15, -0.1) is 0 Å². The number of hydrogen-bond acceptors (Lipinski definition) is 6. The van der Waals surface area contributed by atoms with Crippen LogP contribution in [0.3, 0.4) is 0 Å². The van der Waals surface area contributed by atoms with Crippen LogP contribution in [0, 0.1) is 0 Å². The Morgan fingerprint density at radius 3 is 2.86 bits per heavy atom. The van der Waals surface area contributed by atoms with Crippen LogP contribution in [-0.2, 0) is 23.1 Å². The molecular formula is C12H14BrN3O4S. The van der Waals surface area contributed by atoms with Crippen molar-refractivity contribution in [3.05, 3.63) is 34.4 Å². The van der Waals surface area contributed by atoms with E-state index in [1.807, 2.05) is 6.92 Å². The van der Waals surface area contributed by atoms with Crippen molar-refractivity contribution in [2.45, 2.75) is 31.3 Å². The highest BCUT2D eigenvalue weighted by atomic mass is 79.9. The molecule has 1 heterocycles. The molecule has 0 saturated carbocycles. The monoisotopic (exact) mass is 375 g/mol. The molecule has 0 aliphatic carbocycles. The van der Waals surface area contributed by atoms with Crippen LogP contribution in [0.2, 0.25) is 0 Å². The van der Waals surface area contributed by atoms with Crippen molar-refractivity contribution < 1.29 is 17.7 Å². The molecule has 2 rings (SSSR count). The van der Waals surface area contributed by atoms with Gasteiger partial charge in [-0.3, -0.25) is 0 Å². The van der Waals surface area contributed by atoms with E-state index in [1.165, 1.54) is 12.1 Å². The number of nitrogens with two attached hydrogens (primary N) is 1. The van der Waals surface area contributed by atoms with E-state index in [4.69, 9.17) is 14.4 Å². The molecule has 2 aromatic rings. The van der Waals surface area contributed by atoms with Gasteiger partial charge in [-0.05, 0) is 24.6 Å². The minimum absolute atomic E-state index is 0.0269. The summed E-state index contributed by atoms with van der Waals surface area (Å²) in [6.07, 6.45) is 1.62. The molecule has 0 radical (unpaired) electrons. The van der Waals surface area contributed by atoms with Gasteiger partial charge in [0.1, 0.15) is 10.6 Å². The molecular weight excluding hydrogens is 362 g/mol. The first-order valence-electron chi connectivity index (χ1n) is 6.16. The van der Waals surface area contributed by atoms with Crippen molar-refractivity contribution >= 4 is 26.0 Å². The lowest BCUT2D eigenvalue weighted by Gasteiger charge is -2.08. The Kier molecular flexibility index (Phi) is 4.96. The van der Waals surface area contributed by atoms with Crippen molar-refractivity contribution in [3.8, 4) is 5.75 Å². The van der Waals surface area contributed by atoms with Crippen LogP contribution in [0.4, 0.5) is 0 Å². The molecule has 0 bridgehead atoms. The van der Waals surface area contributed by atoms with Crippen molar-refractivity contribution in [1.29, 1.82) is 0 Å². The highest BCUT2D eigenvalue weighted by molar-refractivity contribution is 9.10. The standard InChI is InChI=1S/C12H14BrN3O4S/c1-2-3-11-15-12(20-16-11)7-19-9-5-4-8(13)6-10(9)21(14,17)18/h4-6H,2-3,7H2,1H3,(H2,14,17,18). The van der Waals surface area contributed by atoms with Gasteiger partial charge < -0.3 is 9.26 Å². The van der Waals surface area contributed by atoms with Gasteiger partial charge in [0.2, 0.25) is 10.0 Å². The summed E-state index contributed by atoms with van der Waals surface area (Å²) in [5, 5.41) is 8.95. The first-order valence-corrected chi connectivity index (χ1v) is 8.50. The molecule has 0 aliphatic rings. The predicted octanol–water partition coefficient (Wildman–Crippen LogP) is 2.01. The van der Waals surface area contributed by atoms with Gasteiger partial charge in [-0.25, -0.2) is 13.6 Å². The Morgan fingerprint density at radius 2 is 2.19 bits per heavy atom. The molecule has 0 unspecified atom stereocenters. The minimum Gasteiger partial charge on any atom is -0.482 e. The molecule has 0 aliphatic heterocycles. The first kappa shape index (κ1) is 15.9. The number of aromatic nitrogens is 2. The fourth-order valence-corrected chi connectivity index (χ4v) is 2.85. The first-order chi connectivity index (χ1) is 9.90. The second-order valence-corrected chi connectivity index (χ2v) is 6.72. The molecule has 0 spiro atoms. The van der Waals surface area contributed by atoms with Gasteiger partial charge in [0.05, 0.1) is 0 Å². The fraction of sp³-hybridized carbons (Fsp3) is 0.333. The molecule has 1 aromatic heterocycles. The van der Waals surface area contributed by atoms with Crippen LogP contribution in [-0.4, -0.2) is 18.6 Å². The number of benzene rings is 1. The van der Waals surface area contributed by atoms with Crippen LogP contribution in [0.15, 0.2) is 32.1 Å². The van der Waals surface area contributed by atoms with Gasteiger partial charge in [0.15, 0.2) is 12.4 Å². The minimum atomic E-state index is -3.89. The molecule has 9 heteroatoms. The van der Waals surface area contributed by atoms with Crippen LogP contribution in [0.1, 0.15) is 25.1 Å². The average Bonchev–Trinajstić information content (AvgIpc) is 2.84. The summed E-state index contributed by atoms with van der Waals surface area (Å²) >= 11 is 3.19. The molecule has 114 valence electrons. The quantitative estimate of drug-likeness (QED) is 0.826. The molecule has 7 nitrogen and oxygen atoms in total.